The summed E-state index contributed by atoms with van der Waals surface area (Å²) in [4.78, 5) is 0.201. The normalized spacial score (nSPS) is 15.5. The van der Waals surface area contributed by atoms with E-state index in [9.17, 15) is 8.42 Å². The van der Waals surface area contributed by atoms with E-state index >= 15 is 0 Å². The van der Waals surface area contributed by atoms with Crippen molar-refractivity contribution >= 4 is 21.6 Å². The quantitative estimate of drug-likeness (QED) is 0.750. The highest BCUT2D eigenvalue weighted by atomic mass is 35.5. The summed E-state index contributed by atoms with van der Waals surface area (Å²) in [5, 5.41) is 0.459. The smallest absolute Gasteiger partial charge is 0.240 e. The van der Waals surface area contributed by atoms with Gasteiger partial charge in [0.15, 0.2) is 0 Å². The molecule has 2 rings (SSSR count). The van der Waals surface area contributed by atoms with Crippen molar-refractivity contribution in [1.82, 2.24) is 4.72 Å². The van der Waals surface area contributed by atoms with Gasteiger partial charge in [-0.25, -0.2) is 13.1 Å². The van der Waals surface area contributed by atoms with E-state index in [0.717, 1.165) is 18.1 Å². The predicted octanol–water partition coefficient (Wildman–Crippen LogP) is 2.74. The monoisotopic (exact) mass is 317 g/mol. The number of ether oxygens (including phenoxy) is 1. The van der Waals surface area contributed by atoms with Crippen molar-refractivity contribution in [1.29, 1.82) is 0 Å². The van der Waals surface area contributed by atoms with Gasteiger partial charge in [0.1, 0.15) is 0 Å². The Kier molecular flexibility index (Phi) is 5.43. The molecule has 0 aromatic heterocycles. The number of hydrogen-bond acceptors (Lipinski definition) is 3. The maximum atomic E-state index is 12.0. The van der Waals surface area contributed by atoms with Crippen molar-refractivity contribution in [3.63, 3.8) is 0 Å². The number of aryl methyl sites for hydroxylation is 1. The van der Waals surface area contributed by atoms with Gasteiger partial charge in [0, 0.05) is 24.8 Å². The largest absolute Gasteiger partial charge is 0.381 e. The first kappa shape index (κ1) is 15.8. The Morgan fingerprint density at radius 2 is 2.15 bits per heavy atom. The third-order valence-corrected chi connectivity index (χ3v) is 5.13. The van der Waals surface area contributed by atoms with Crippen molar-refractivity contribution in [2.45, 2.75) is 31.1 Å². The summed E-state index contributed by atoms with van der Waals surface area (Å²) in [5.41, 5.74) is 0.860. The van der Waals surface area contributed by atoms with Crippen LogP contribution in [0, 0.1) is 12.8 Å². The number of benzene rings is 1. The molecule has 20 heavy (non-hydrogen) atoms. The van der Waals surface area contributed by atoms with Crippen LogP contribution in [-0.2, 0) is 14.8 Å². The Hall–Kier alpha value is -0.620. The minimum Gasteiger partial charge on any atom is -0.381 e. The SMILES string of the molecule is Cc1ccc(S(=O)(=O)NCCCOCC2CC2)cc1Cl. The first-order valence-electron chi connectivity index (χ1n) is 6.82. The van der Waals surface area contributed by atoms with Gasteiger partial charge < -0.3 is 4.74 Å². The lowest BCUT2D eigenvalue weighted by Crippen LogP contribution is -2.25. The van der Waals surface area contributed by atoms with Crippen LogP contribution in [0.1, 0.15) is 24.8 Å². The van der Waals surface area contributed by atoms with Crippen LogP contribution in [0.4, 0.5) is 0 Å². The van der Waals surface area contributed by atoms with Crippen molar-refractivity contribution in [3.05, 3.63) is 28.8 Å². The van der Waals surface area contributed by atoms with Crippen LogP contribution in [0.2, 0.25) is 5.02 Å². The molecule has 0 atom stereocenters. The lowest BCUT2D eigenvalue weighted by Gasteiger charge is -2.08. The van der Waals surface area contributed by atoms with E-state index in [-0.39, 0.29) is 4.90 Å². The second kappa shape index (κ2) is 6.89. The molecular formula is C14H20ClNO3S. The summed E-state index contributed by atoms with van der Waals surface area (Å²) in [6.07, 6.45) is 3.20. The zero-order valence-electron chi connectivity index (χ0n) is 11.6. The number of rotatable bonds is 8. The maximum Gasteiger partial charge on any atom is 0.240 e. The first-order chi connectivity index (χ1) is 9.49. The molecule has 112 valence electrons. The van der Waals surface area contributed by atoms with E-state index in [0.29, 0.717) is 24.6 Å². The van der Waals surface area contributed by atoms with Gasteiger partial charge in [0.25, 0.3) is 0 Å². The van der Waals surface area contributed by atoms with Crippen LogP contribution in [0.3, 0.4) is 0 Å². The van der Waals surface area contributed by atoms with E-state index in [1.807, 2.05) is 6.92 Å². The number of nitrogens with one attached hydrogen (secondary N) is 1. The van der Waals surface area contributed by atoms with Gasteiger partial charge in [-0.1, -0.05) is 17.7 Å². The van der Waals surface area contributed by atoms with Crippen LogP contribution in [0.15, 0.2) is 23.1 Å². The Labute approximate surface area is 125 Å². The molecule has 0 amide bonds. The summed E-state index contributed by atoms with van der Waals surface area (Å²) >= 11 is 5.95. The molecule has 0 saturated heterocycles. The van der Waals surface area contributed by atoms with Gasteiger partial charge in [0.2, 0.25) is 10.0 Å². The fourth-order valence-electron chi connectivity index (χ4n) is 1.74. The second-order valence-corrected chi connectivity index (χ2v) is 7.35. The van der Waals surface area contributed by atoms with E-state index in [4.69, 9.17) is 16.3 Å². The average molecular weight is 318 g/mol. The Morgan fingerprint density at radius 3 is 2.80 bits per heavy atom. The van der Waals surface area contributed by atoms with Gasteiger partial charge in [-0.15, -0.1) is 0 Å². The number of hydrogen-bond donors (Lipinski definition) is 1. The highest BCUT2D eigenvalue weighted by Crippen LogP contribution is 2.28. The number of halogens is 1. The molecule has 1 aromatic rings. The second-order valence-electron chi connectivity index (χ2n) is 5.18. The molecule has 6 heteroatoms. The highest BCUT2D eigenvalue weighted by Gasteiger charge is 2.21. The molecule has 4 nitrogen and oxygen atoms in total. The predicted molar refractivity (Wildman–Crippen MR) is 79.5 cm³/mol. The van der Waals surface area contributed by atoms with Crippen LogP contribution in [0.25, 0.3) is 0 Å². The van der Waals surface area contributed by atoms with Crippen molar-refractivity contribution < 1.29 is 13.2 Å². The van der Waals surface area contributed by atoms with Crippen molar-refractivity contribution in [3.8, 4) is 0 Å². The summed E-state index contributed by atoms with van der Waals surface area (Å²) in [6, 6.07) is 4.74. The Morgan fingerprint density at radius 1 is 1.40 bits per heavy atom. The molecule has 0 heterocycles. The molecule has 1 saturated carbocycles. The molecule has 0 aliphatic heterocycles. The van der Waals surface area contributed by atoms with E-state index < -0.39 is 10.0 Å². The third kappa shape index (κ3) is 4.74. The lowest BCUT2D eigenvalue weighted by molar-refractivity contribution is 0.123. The third-order valence-electron chi connectivity index (χ3n) is 3.26. The summed E-state index contributed by atoms with van der Waals surface area (Å²) < 4.78 is 32.1. The molecule has 1 fully saturated rings. The summed E-state index contributed by atoms with van der Waals surface area (Å²) in [6.45, 7) is 3.61. The molecule has 1 aliphatic carbocycles. The first-order valence-corrected chi connectivity index (χ1v) is 8.69. The Balaban J connectivity index is 1.76. The van der Waals surface area contributed by atoms with Gasteiger partial charge in [-0.3, -0.25) is 0 Å². The highest BCUT2D eigenvalue weighted by molar-refractivity contribution is 7.89. The van der Waals surface area contributed by atoms with Crippen LogP contribution in [-0.4, -0.2) is 28.2 Å². The van der Waals surface area contributed by atoms with E-state index in [1.165, 1.54) is 18.9 Å². The zero-order valence-corrected chi connectivity index (χ0v) is 13.1. The molecule has 1 N–H and O–H groups in total. The lowest BCUT2D eigenvalue weighted by atomic mass is 10.2. The molecule has 0 radical (unpaired) electrons. The molecular weight excluding hydrogens is 298 g/mol. The standard InChI is InChI=1S/C14H20ClNO3S/c1-11-3-6-13(9-14(11)15)20(17,18)16-7-2-8-19-10-12-4-5-12/h3,6,9,12,16H,2,4-5,7-8,10H2,1H3. The maximum absolute atomic E-state index is 12.0. The minimum atomic E-state index is -3.48. The van der Waals surface area contributed by atoms with Crippen molar-refractivity contribution in [2.75, 3.05) is 19.8 Å². The molecule has 1 aromatic carbocycles. The fraction of sp³-hybridized carbons (Fsp3) is 0.571. The van der Waals surface area contributed by atoms with E-state index in [1.54, 1.807) is 12.1 Å². The zero-order chi connectivity index (χ0) is 14.6. The Bertz CT molecular complexity index is 556. The van der Waals surface area contributed by atoms with Gasteiger partial charge in [0.05, 0.1) is 4.90 Å². The molecule has 0 unspecified atom stereocenters. The van der Waals surface area contributed by atoms with Gasteiger partial charge in [-0.05, 0) is 49.8 Å². The van der Waals surface area contributed by atoms with E-state index in [2.05, 4.69) is 4.72 Å². The summed E-state index contributed by atoms with van der Waals surface area (Å²) in [5.74, 6) is 0.737. The van der Waals surface area contributed by atoms with Crippen LogP contribution >= 0.6 is 11.6 Å². The topological polar surface area (TPSA) is 55.4 Å². The molecule has 0 bridgehead atoms. The van der Waals surface area contributed by atoms with Gasteiger partial charge >= 0.3 is 0 Å². The average Bonchev–Trinajstić information content (AvgIpc) is 3.21. The van der Waals surface area contributed by atoms with Crippen molar-refractivity contribution in [2.24, 2.45) is 5.92 Å². The fourth-order valence-corrected chi connectivity index (χ4v) is 3.08. The molecule has 1 aliphatic rings. The number of sulfonamides is 1. The van der Waals surface area contributed by atoms with Crippen LogP contribution < -0.4 is 4.72 Å². The van der Waals surface area contributed by atoms with Crippen LogP contribution in [0.5, 0.6) is 0 Å². The van der Waals surface area contributed by atoms with Gasteiger partial charge in [-0.2, -0.15) is 0 Å². The summed E-state index contributed by atoms with van der Waals surface area (Å²) in [7, 11) is -3.48. The molecule has 0 spiro atoms. The minimum absolute atomic E-state index is 0.201.